The average Bonchev–Trinajstić information content (AvgIpc) is 3.07. The third-order valence-electron chi connectivity index (χ3n) is 4.67. The Kier molecular flexibility index (Phi) is 5.68. The topological polar surface area (TPSA) is 65.7 Å². The number of para-hydroxylation sites is 2. The molecule has 0 fully saturated rings. The summed E-state index contributed by atoms with van der Waals surface area (Å²) in [6.07, 6.45) is -9.28. The first kappa shape index (κ1) is 22.5. The van der Waals surface area contributed by atoms with Crippen molar-refractivity contribution < 1.29 is 31.1 Å². The molecule has 0 unspecified atom stereocenters. The molecule has 0 bridgehead atoms. The molecular formula is C21H15F6N5O. The van der Waals surface area contributed by atoms with E-state index in [9.17, 15) is 26.3 Å². The number of imidazole rings is 1. The van der Waals surface area contributed by atoms with Crippen LogP contribution in [-0.2, 0) is 19.6 Å². The molecule has 0 aliphatic heterocycles. The molecular weight excluding hydrogens is 452 g/mol. The largest absolute Gasteiger partial charge is 0.454 e. The fourth-order valence-corrected chi connectivity index (χ4v) is 3.15. The molecule has 0 N–H and O–H groups in total. The highest BCUT2D eigenvalue weighted by Gasteiger charge is 2.31. The van der Waals surface area contributed by atoms with Crippen LogP contribution in [0.2, 0.25) is 0 Å². The van der Waals surface area contributed by atoms with E-state index in [4.69, 9.17) is 0 Å². The predicted octanol–water partition coefficient (Wildman–Crippen LogP) is 4.98. The van der Waals surface area contributed by atoms with E-state index in [0.717, 1.165) is 23.7 Å². The number of nitrogens with zero attached hydrogens (tertiary/aromatic N) is 5. The van der Waals surface area contributed by atoms with Crippen LogP contribution in [0.5, 0.6) is 6.01 Å². The van der Waals surface area contributed by atoms with Crippen LogP contribution in [-0.4, -0.2) is 37.3 Å². The maximum absolute atomic E-state index is 13.1. The molecule has 4 aromatic rings. The van der Waals surface area contributed by atoms with E-state index < -0.39 is 30.5 Å². The number of halogens is 6. The van der Waals surface area contributed by atoms with E-state index in [0.29, 0.717) is 11.3 Å². The van der Waals surface area contributed by atoms with E-state index >= 15 is 0 Å². The molecule has 6 nitrogen and oxygen atoms in total. The summed E-state index contributed by atoms with van der Waals surface area (Å²) in [5.74, 6) is 0.245. The monoisotopic (exact) mass is 467 g/mol. The van der Waals surface area contributed by atoms with Crippen molar-refractivity contribution in [3.05, 3.63) is 65.7 Å². The molecule has 2 aromatic heterocycles. The van der Waals surface area contributed by atoms with Gasteiger partial charge >= 0.3 is 18.4 Å². The summed E-state index contributed by atoms with van der Waals surface area (Å²) < 4.78 is 83.7. The van der Waals surface area contributed by atoms with Gasteiger partial charge in [0.2, 0.25) is 0 Å². The second-order valence-corrected chi connectivity index (χ2v) is 7.09. The summed E-state index contributed by atoms with van der Waals surface area (Å²) in [4.78, 5) is 16.4. The number of alkyl halides is 6. The Morgan fingerprint density at radius 1 is 0.879 bits per heavy atom. The molecule has 0 atom stereocenters. The van der Waals surface area contributed by atoms with E-state index in [1.54, 1.807) is 23.7 Å². The lowest BCUT2D eigenvalue weighted by Crippen LogP contribution is -2.21. The van der Waals surface area contributed by atoms with Crippen LogP contribution >= 0.6 is 0 Å². The predicted molar refractivity (Wildman–Crippen MR) is 105 cm³/mol. The van der Waals surface area contributed by atoms with Gasteiger partial charge < -0.3 is 9.30 Å². The van der Waals surface area contributed by atoms with E-state index in [1.165, 1.54) is 6.07 Å². The molecule has 0 aliphatic carbocycles. The standard InChI is InChI=1S/C21H15F6N5O/c1-32-15-8-3-2-7-14(15)28-17(32)10-16-29-18(31-19(30-16)33-11-20(22,23)24)12-5-4-6-13(9-12)21(25,26)27/h2-9H,10-11H2,1H3. The molecule has 2 aromatic carbocycles. The summed E-state index contributed by atoms with van der Waals surface area (Å²) in [6, 6.07) is 10.8. The van der Waals surface area contributed by atoms with Crippen molar-refractivity contribution in [2.24, 2.45) is 7.05 Å². The highest BCUT2D eigenvalue weighted by atomic mass is 19.4. The second-order valence-electron chi connectivity index (χ2n) is 7.09. The van der Waals surface area contributed by atoms with Crippen molar-refractivity contribution in [2.75, 3.05) is 6.61 Å². The van der Waals surface area contributed by atoms with Crippen LogP contribution in [0.15, 0.2) is 48.5 Å². The first-order valence-electron chi connectivity index (χ1n) is 9.52. The number of hydrogen-bond donors (Lipinski definition) is 0. The van der Waals surface area contributed by atoms with Crippen LogP contribution in [0.1, 0.15) is 17.2 Å². The van der Waals surface area contributed by atoms with Gasteiger partial charge in [-0.05, 0) is 24.3 Å². The lowest BCUT2D eigenvalue weighted by molar-refractivity contribution is -0.154. The van der Waals surface area contributed by atoms with E-state index in [2.05, 4.69) is 24.7 Å². The highest BCUT2D eigenvalue weighted by Crippen LogP contribution is 2.32. The molecule has 0 radical (unpaired) electrons. The van der Waals surface area contributed by atoms with Gasteiger partial charge in [0.05, 0.1) is 23.0 Å². The van der Waals surface area contributed by atoms with Crippen LogP contribution in [0.4, 0.5) is 26.3 Å². The molecule has 0 amide bonds. The van der Waals surface area contributed by atoms with Gasteiger partial charge in [-0.1, -0.05) is 24.3 Å². The molecule has 12 heteroatoms. The number of rotatable bonds is 5. The van der Waals surface area contributed by atoms with Crippen molar-refractivity contribution in [3.63, 3.8) is 0 Å². The number of aryl methyl sites for hydroxylation is 1. The lowest BCUT2D eigenvalue weighted by atomic mass is 10.1. The van der Waals surface area contributed by atoms with Crippen LogP contribution in [0.25, 0.3) is 22.4 Å². The van der Waals surface area contributed by atoms with Crippen molar-refractivity contribution in [2.45, 2.75) is 18.8 Å². The van der Waals surface area contributed by atoms with Gasteiger partial charge in [0, 0.05) is 12.6 Å². The fourth-order valence-electron chi connectivity index (χ4n) is 3.15. The fraction of sp³-hybridized carbons (Fsp3) is 0.238. The number of aromatic nitrogens is 5. The van der Waals surface area contributed by atoms with Gasteiger partial charge in [-0.25, -0.2) is 9.97 Å². The normalized spacial score (nSPS) is 12.3. The zero-order valence-corrected chi connectivity index (χ0v) is 16.9. The Bertz CT molecular complexity index is 1300. The summed E-state index contributed by atoms with van der Waals surface area (Å²) in [5.41, 5.74) is 0.509. The summed E-state index contributed by atoms with van der Waals surface area (Å²) in [5, 5.41) is 0. The van der Waals surface area contributed by atoms with Gasteiger partial charge in [-0.3, -0.25) is 0 Å². The van der Waals surface area contributed by atoms with Crippen molar-refractivity contribution in [3.8, 4) is 17.4 Å². The summed E-state index contributed by atoms with van der Waals surface area (Å²) in [6.45, 7) is -1.66. The molecule has 0 aliphatic rings. The van der Waals surface area contributed by atoms with Gasteiger partial charge in [0.1, 0.15) is 11.6 Å². The third-order valence-corrected chi connectivity index (χ3v) is 4.67. The van der Waals surface area contributed by atoms with Crippen molar-refractivity contribution in [1.82, 2.24) is 24.5 Å². The molecule has 2 heterocycles. The van der Waals surface area contributed by atoms with Crippen LogP contribution in [0.3, 0.4) is 0 Å². The maximum Gasteiger partial charge on any atom is 0.422 e. The second kappa shape index (κ2) is 8.34. The molecule has 0 saturated carbocycles. The molecule has 0 saturated heterocycles. The SMILES string of the molecule is Cn1c(Cc2nc(OCC(F)(F)F)nc(-c3cccc(C(F)(F)F)c3)n2)nc2ccccc21. The van der Waals surface area contributed by atoms with Gasteiger partial charge in [-0.15, -0.1) is 0 Å². The van der Waals surface area contributed by atoms with E-state index in [1.807, 2.05) is 12.1 Å². The Balaban J connectivity index is 1.75. The lowest BCUT2D eigenvalue weighted by Gasteiger charge is -2.11. The molecule has 0 spiro atoms. The van der Waals surface area contributed by atoms with Gasteiger partial charge in [0.25, 0.3) is 0 Å². The van der Waals surface area contributed by atoms with Crippen LogP contribution in [0, 0.1) is 0 Å². The summed E-state index contributed by atoms with van der Waals surface area (Å²) >= 11 is 0. The Morgan fingerprint density at radius 3 is 2.33 bits per heavy atom. The van der Waals surface area contributed by atoms with Crippen molar-refractivity contribution in [1.29, 1.82) is 0 Å². The smallest absolute Gasteiger partial charge is 0.422 e. The van der Waals surface area contributed by atoms with Gasteiger partial charge in [-0.2, -0.15) is 36.3 Å². The minimum Gasteiger partial charge on any atom is -0.454 e. The minimum absolute atomic E-state index is 0.00649. The molecule has 4 rings (SSSR count). The average molecular weight is 467 g/mol. The first-order valence-corrected chi connectivity index (χ1v) is 9.52. The van der Waals surface area contributed by atoms with Gasteiger partial charge in [0.15, 0.2) is 12.4 Å². The zero-order valence-electron chi connectivity index (χ0n) is 16.9. The molecule has 33 heavy (non-hydrogen) atoms. The quantitative estimate of drug-likeness (QED) is 0.388. The number of hydrogen-bond acceptors (Lipinski definition) is 5. The maximum atomic E-state index is 13.1. The number of ether oxygens (including phenoxy) is 1. The van der Waals surface area contributed by atoms with Crippen molar-refractivity contribution >= 4 is 11.0 Å². The number of fused-ring (bicyclic) bond motifs is 1. The Labute approximate surface area is 182 Å². The summed E-state index contributed by atoms with van der Waals surface area (Å²) in [7, 11) is 1.75. The minimum atomic E-state index is -4.65. The zero-order chi connectivity index (χ0) is 23.8. The first-order chi connectivity index (χ1) is 15.5. The Hall–Kier alpha value is -3.70. The van der Waals surface area contributed by atoms with E-state index in [-0.39, 0.29) is 23.6 Å². The third kappa shape index (κ3) is 5.21. The molecule has 172 valence electrons. The highest BCUT2D eigenvalue weighted by molar-refractivity contribution is 5.75. The number of benzene rings is 2. The van der Waals surface area contributed by atoms with Crippen LogP contribution < -0.4 is 4.74 Å². The Morgan fingerprint density at radius 2 is 1.64 bits per heavy atom.